The summed E-state index contributed by atoms with van der Waals surface area (Å²) in [6.07, 6.45) is 1.62. The highest BCUT2D eigenvalue weighted by atomic mass is 19.2. The van der Waals surface area contributed by atoms with Crippen molar-refractivity contribution in [3.8, 4) is 5.75 Å². The first-order valence-electron chi connectivity index (χ1n) is 10.1. The lowest BCUT2D eigenvalue weighted by Gasteiger charge is -2.17. The molecule has 170 valence electrons. The number of ether oxygens (including phenoxy) is 1. The lowest BCUT2D eigenvalue weighted by Crippen LogP contribution is -2.32. The van der Waals surface area contributed by atoms with Crippen molar-refractivity contribution >= 4 is 11.6 Å². The van der Waals surface area contributed by atoms with E-state index in [1.54, 1.807) is 25.3 Å². The van der Waals surface area contributed by atoms with E-state index in [2.05, 4.69) is 10.3 Å². The van der Waals surface area contributed by atoms with Crippen molar-refractivity contribution in [2.24, 2.45) is 0 Å². The SMILES string of the molecule is Cc1nc2c(OCc3cccc(F)c3F)cccn2c1C(=O)N[C@@H](CO)c1ccc(F)cc1. The molecule has 0 saturated heterocycles. The van der Waals surface area contributed by atoms with E-state index >= 15 is 0 Å². The lowest BCUT2D eigenvalue weighted by molar-refractivity contribution is 0.0909. The molecular formula is C24H20F3N3O3. The molecule has 0 bridgehead atoms. The minimum absolute atomic E-state index is 0.0448. The summed E-state index contributed by atoms with van der Waals surface area (Å²) in [5.74, 6) is -2.60. The molecule has 1 amide bonds. The van der Waals surface area contributed by atoms with Crippen LogP contribution < -0.4 is 10.1 Å². The minimum atomic E-state index is -0.986. The highest BCUT2D eigenvalue weighted by Gasteiger charge is 2.22. The summed E-state index contributed by atoms with van der Waals surface area (Å²) in [6.45, 7) is 1.03. The fourth-order valence-electron chi connectivity index (χ4n) is 3.51. The molecular weight excluding hydrogens is 435 g/mol. The molecule has 2 aromatic carbocycles. The number of aliphatic hydroxyl groups excluding tert-OH is 1. The summed E-state index contributed by atoms with van der Waals surface area (Å²) >= 11 is 0. The molecule has 1 atom stereocenters. The Hall–Kier alpha value is -3.85. The zero-order valence-corrected chi connectivity index (χ0v) is 17.6. The number of aromatic nitrogens is 2. The molecule has 2 heterocycles. The maximum atomic E-state index is 13.9. The van der Waals surface area contributed by atoms with Gasteiger partial charge in [0, 0.05) is 11.8 Å². The second-order valence-corrected chi connectivity index (χ2v) is 7.37. The van der Waals surface area contributed by atoms with Gasteiger partial charge in [0.1, 0.15) is 18.1 Å². The van der Waals surface area contributed by atoms with Gasteiger partial charge < -0.3 is 15.2 Å². The average molecular weight is 455 g/mol. The molecule has 2 aromatic heterocycles. The van der Waals surface area contributed by atoms with Crippen molar-refractivity contribution in [3.63, 3.8) is 0 Å². The van der Waals surface area contributed by atoms with Crippen LogP contribution in [0.15, 0.2) is 60.8 Å². The van der Waals surface area contributed by atoms with E-state index < -0.39 is 29.4 Å². The molecule has 0 fully saturated rings. The molecule has 0 aliphatic rings. The van der Waals surface area contributed by atoms with E-state index in [0.29, 0.717) is 16.9 Å². The van der Waals surface area contributed by atoms with Gasteiger partial charge in [-0.25, -0.2) is 18.2 Å². The maximum absolute atomic E-state index is 13.9. The van der Waals surface area contributed by atoms with E-state index in [1.165, 1.54) is 40.8 Å². The van der Waals surface area contributed by atoms with E-state index in [4.69, 9.17) is 4.74 Å². The molecule has 4 rings (SSSR count). The van der Waals surface area contributed by atoms with E-state index in [0.717, 1.165) is 6.07 Å². The Morgan fingerprint density at radius 2 is 1.88 bits per heavy atom. The number of aliphatic hydroxyl groups is 1. The van der Waals surface area contributed by atoms with E-state index in [-0.39, 0.29) is 30.2 Å². The number of pyridine rings is 1. The summed E-state index contributed by atoms with van der Waals surface area (Å²) < 4.78 is 47.8. The third kappa shape index (κ3) is 4.54. The average Bonchev–Trinajstić information content (AvgIpc) is 3.15. The van der Waals surface area contributed by atoms with Crippen LogP contribution in [0, 0.1) is 24.4 Å². The Labute approximate surface area is 187 Å². The first kappa shape index (κ1) is 22.3. The van der Waals surface area contributed by atoms with Crippen LogP contribution in [-0.4, -0.2) is 27.0 Å². The number of aryl methyl sites for hydroxylation is 1. The molecule has 33 heavy (non-hydrogen) atoms. The van der Waals surface area contributed by atoms with Crippen molar-refractivity contribution in [2.75, 3.05) is 6.61 Å². The van der Waals surface area contributed by atoms with Crippen molar-refractivity contribution in [3.05, 3.63) is 101 Å². The minimum Gasteiger partial charge on any atom is -0.485 e. The monoisotopic (exact) mass is 455 g/mol. The number of benzene rings is 2. The number of halogens is 3. The third-order valence-corrected chi connectivity index (χ3v) is 5.18. The van der Waals surface area contributed by atoms with Crippen molar-refractivity contribution in [1.29, 1.82) is 0 Å². The third-order valence-electron chi connectivity index (χ3n) is 5.18. The van der Waals surface area contributed by atoms with Crippen LogP contribution in [-0.2, 0) is 6.61 Å². The number of hydrogen-bond donors (Lipinski definition) is 2. The lowest BCUT2D eigenvalue weighted by atomic mass is 10.1. The molecule has 0 aliphatic carbocycles. The molecule has 2 N–H and O–H groups in total. The molecule has 6 nitrogen and oxygen atoms in total. The van der Waals surface area contributed by atoms with Gasteiger partial charge in [-0.2, -0.15) is 0 Å². The molecule has 0 unspecified atom stereocenters. The fraction of sp³-hybridized carbons (Fsp3) is 0.167. The number of hydrogen-bond acceptors (Lipinski definition) is 4. The van der Waals surface area contributed by atoms with Gasteiger partial charge in [-0.1, -0.05) is 24.3 Å². The van der Waals surface area contributed by atoms with Crippen LogP contribution in [0.2, 0.25) is 0 Å². The van der Waals surface area contributed by atoms with Crippen LogP contribution >= 0.6 is 0 Å². The summed E-state index contributed by atoms with van der Waals surface area (Å²) in [4.78, 5) is 17.4. The van der Waals surface area contributed by atoms with Gasteiger partial charge in [-0.3, -0.25) is 9.20 Å². The number of carbonyl (C=O) groups is 1. The van der Waals surface area contributed by atoms with Crippen molar-refractivity contribution in [1.82, 2.24) is 14.7 Å². The summed E-state index contributed by atoms with van der Waals surface area (Å²) in [5.41, 5.74) is 1.52. The van der Waals surface area contributed by atoms with Crippen LogP contribution in [0.4, 0.5) is 13.2 Å². The van der Waals surface area contributed by atoms with Gasteiger partial charge in [0.25, 0.3) is 5.91 Å². The van der Waals surface area contributed by atoms with Crippen LogP contribution in [0.1, 0.15) is 33.4 Å². The number of rotatable bonds is 7. The quantitative estimate of drug-likeness (QED) is 0.440. The zero-order chi connectivity index (χ0) is 23.5. The van der Waals surface area contributed by atoms with Gasteiger partial charge in [-0.15, -0.1) is 0 Å². The summed E-state index contributed by atoms with van der Waals surface area (Å²) in [5, 5.41) is 12.5. The molecule has 0 aliphatic heterocycles. The van der Waals surface area contributed by atoms with Crippen molar-refractivity contribution in [2.45, 2.75) is 19.6 Å². The molecule has 9 heteroatoms. The number of nitrogens with zero attached hydrogens (tertiary/aromatic N) is 2. The largest absolute Gasteiger partial charge is 0.485 e. The van der Waals surface area contributed by atoms with E-state index in [1.807, 2.05) is 0 Å². The molecule has 0 radical (unpaired) electrons. The zero-order valence-electron chi connectivity index (χ0n) is 17.6. The Kier molecular flexibility index (Phi) is 6.32. The Morgan fingerprint density at radius 3 is 2.61 bits per heavy atom. The highest BCUT2D eigenvalue weighted by molar-refractivity contribution is 5.95. The molecule has 0 spiro atoms. The van der Waals surface area contributed by atoms with Gasteiger partial charge in [0.15, 0.2) is 23.0 Å². The number of amides is 1. The van der Waals surface area contributed by atoms with Crippen LogP contribution in [0.5, 0.6) is 5.75 Å². The number of carbonyl (C=O) groups excluding carboxylic acids is 1. The predicted octanol–water partition coefficient (Wildman–Crippen LogP) is 4.10. The standard InChI is InChI=1S/C24H20F3N3O3/c1-14-22(24(32)29-19(12-31)15-7-9-17(25)10-8-15)30-11-3-6-20(23(30)28-14)33-13-16-4-2-5-18(26)21(16)27/h2-11,19,31H,12-13H2,1H3,(H,29,32)/t19-/m0/s1. The Bertz CT molecular complexity index is 1310. The van der Waals surface area contributed by atoms with Gasteiger partial charge in [0.2, 0.25) is 0 Å². The Morgan fingerprint density at radius 1 is 1.12 bits per heavy atom. The van der Waals surface area contributed by atoms with Gasteiger partial charge in [0.05, 0.1) is 18.3 Å². The van der Waals surface area contributed by atoms with Gasteiger partial charge in [-0.05, 0) is 42.8 Å². The summed E-state index contributed by atoms with van der Waals surface area (Å²) in [6, 6.07) is 11.8. The fourth-order valence-corrected chi connectivity index (χ4v) is 3.51. The first-order valence-corrected chi connectivity index (χ1v) is 10.1. The van der Waals surface area contributed by atoms with Crippen LogP contribution in [0.3, 0.4) is 0 Å². The number of imidazole rings is 1. The second-order valence-electron chi connectivity index (χ2n) is 7.37. The Balaban J connectivity index is 1.60. The smallest absolute Gasteiger partial charge is 0.270 e. The van der Waals surface area contributed by atoms with Gasteiger partial charge >= 0.3 is 0 Å². The second kappa shape index (κ2) is 9.33. The molecule has 0 saturated carbocycles. The number of nitrogens with one attached hydrogen (secondary N) is 1. The maximum Gasteiger partial charge on any atom is 0.270 e. The van der Waals surface area contributed by atoms with Crippen LogP contribution in [0.25, 0.3) is 5.65 Å². The summed E-state index contributed by atoms with van der Waals surface area (Å²) in [7, 11) is 0. The highest BCUT2D eigenvalue weighted by Crippen LogP contribution is 2.24. The van der Waals surface area contributed by atoms with E-state index in [9.17, 15) is 23.1 Å². The molecule has 4 aromatic rings. The first-order chi connectivity index (χ1) is 15.9. The number of fused-ring (bicyclic) bond motifs is 1. The van der Waals surface area contributed by atoms with Crippen molar-refractivity contribution < 1.29 is 27.8 Å². The normalized spacial score (nSPS) is 12.0. The predicted molar refractivity (Wildman–Crippen MR) is 114 cm³/mol. The topological polar surface area (TPSA) is 75.9 Å².